The first-order valence-corrected chi connectivity index (χ1v) is 12.5. The summed E-state index contributed by atoms with van der Waals surface area (Å²) in [6.07, 6.45) is 3.92. The van der Waals surface area contributed by atoms with Crippen molar-refractivity contribution in [3.8, 4) is 0 Å². The number of rotatable bonds is 10. The summed E-state index contributed by atoms with van der Waals surface area (Å²) in [7, 11) is 1.66. The molecule has 0 N–H and O–H groups in total. The van der Waals surface area contributed by atoms with Crippen molar-refractivity contribution in [1.82, 2.24) is 5.01 Å². The van der Waals surface area contributed by atoms with Gasteiger partial charge >= 0.3 is 0 Å². The maximum Gasteiger partial charge on any atom is 0.0676 e. The van der Waals surface area contributed by atoms with Gasteiger partial charge in [-0.05, 0) is 50.9 Å². The molecule has 0 fully saturated rings. The van der Waals surface area contributed by atoms with Gasteiger partial charge in [-0.1, -0.05) is 134 Å². The van der Waals surface area contributed by atoms with E-state index in [-0.39, 0.29) is 0 Å². The van der Waals surface area contributed by atoms with Gasteiger partial charge in [0.2, 0.25) is 0 Å². The first-order valence-electron chi connectivity index (χ1n) is 12.5. The van der Waals surface area contributed by atoms with Crippen LogP contribution in [0.1, 0.15) is 46.7 Å². The molecule has 0 unspecified atom stereocenters. The molecule has 3 heteroatoms. The third-order valence-corrected chi connectivity index (χ3v) is 6.16. The van der Waals surface area contributed by atoms with E-state index in [1.165, 1.54) is 39.0 Å². The molecule has 0 radical (unpaired) electrons. The van der Waals surface area contributed by atoms with Gasteiger partial charge in [0.25, 0.3) is 0 Å². The number of aryl methyl sites for hydroxylation is 1. The summed E-state index contributed by atoms with van der Waals surface area (Å²) in [6.45, 7) is 6.68. The second-order valence-corrected chi connectivity index (χ2v) is 8.70. The Hall–Kier alpha value is -4.24. The second kappa shape index (κ2) is 12.5. The Balaban J connectivity index is 1.89. The number of hydrogen-bond acceptors (Lipinski definition) is 2. The molecule has 4 aromatic carbocycles. The summed E-state index contributed by atoms with van der Waals surface area (Å²) in [5.74, 6) is 0. The maximum absolute atomic E-state index is 4.10. The summed E-state index contributed by atoms with van der Waals surface area (Å²) in [6, 6.07) is 39.1. The largest absolute Gasteiger partial charge is 0.251 e. The molecule has 0 aliphatic heterocycles. The summed E-state index contributed by atoms with van der Waals surface area (Å²) < 4.78 is 0. The zero-order valence-electron chi connectivity index (χ0n) is 21.1. The summed E-state index contributed by atoms with van der Waals surface area (Å²) >= 11 is 0. The molecule has 36 heavy (non-hydrogen) atoms. The lowest BCUT2D eigenvalue weighted by atomic mass is 9.85. The normalized spacial score (nSPS) is 11.8. The zero-order chi connectivity index (χ0) is 25.2. The van der Waals surface area contributed by atoms with Crippen LogP contribution in [0.15, 0.2) is 132 Å². The Labute approximate surface area is 215 Å². The van der Waals surface area contributed by atoms with Crippen LogP contribution in [0.3, 0.4) is 0 Å². The van der Waals surface area contributed by atoms with Crippen LogP contribution in [-0.2, 0) is 13.0 Å². The van der Waals surface area contributed by atoms with Crippen molar-refractivity contribution in [3.05, 3.63) is 155 Å². The van der Waals surface area contributed by atoms with Gasteiger partial charge in [-0.15, -0.1) is 0 Å². The molecule has 4 aromatic rings. The van der Waals surface area contributed by atoms with E-state index in [1.807, 2.05) is 0 Å². The van der Waals surface area contributed by atoms with Crippen molar-refractivity contribution in [1.29, 1.82) is 0 Å². The van der Waals surface area contributed by atoms with Gasteiger partial charge in [0, 0.05) is 6.20 Å². The number of benzene rings is 4. The van der Waals surface area contributed by atoms with Crippen molar-refractivity contribution in [2.45, 2.75) is 26.3 Å². The minimum Gasteiger partial charge on any atom is -0.251 e. The van der Waals surface area contributed by atoms with Crippen LogP contribution in [0.25, 0.3) is 11.1 Å². The van der Waals surface area contributed by atoms with Crippen LogP contribution >= 0.6 is 0 Å². The lowest BCUT2D eigenvalue weighted by Crippen LogP contribution is -2.08. The number of hydrogen-bond donors (Lipinski definition) is 0. The highest BCUT2D eigenvalue weighted by Gasteiger charge is 2.16. The fraction of sp³-hybridized carbons (Fsp3) is 0.152. The lowest BCUT2D eigenvalue weighted by molar-refractivity contribution is 0.365. The summed E-state index contributed by atoms with van der Waals surface area (Å²) in [5.41, 5.74) is 9.72. The Kier molecular flexibility index (Phi) is 8.61. The average Bonchev–Trinajstić information content (AvgIpc) is 2.94. The lowest BCUT2D eigenvalue weighted by Gasteiger charge is -2.19. The summed E-state index contributed by atoms with van der Waals surface area (Å²) in [4.78, 5) is 0. The van der Waals surface area contributed by atoms with Gasteiger partial charge in [0.1, 0.15) is 0 Å². The van der Waals surface area contributed by atoms with E-state index in [2.05, 4.69) is 133 Å². The van der Waals surface area contributed by atoms with Gasteiger partial charge in [0.05, 0.1) is 13.6 Å². The maximum atomic E-state index is 4.10. The highest BCUT2D eigenvalue weighted by atomic mass is 15.5. The predicted molar refractivity (Wildman–Crippen MR) is 151 cm³/mol. The Morgan fingerprint density at radius 3 is 1.53 bits per heavy atom. The molecule has 180 valence electrons. The molecule has 0 spiro atoms. The Bertz CT molecular complexity index is 1300. The van der Waals surface area contributed by atoms with Crippen LogP contribution in [0, 0.1) is 0 Å². The van der Waals surface area contributed by atoms with Gasteiger partial charge < -0.3 is 0 Å². The quantitative estimate of drug-likeness (QED) is 0.129. The SMILES string of the molecule is C=CN(Cc1ccc(/C(=C(\c2ccccc2)c2ccc(CCC)cc2)c2ccccc2)cc1)N=NC. The smallest absolute Gasteiger partial charge is 0.0676 e. The summed E-state index contributed by atoms with van der Waals surface area (Å²) in [5, 5.41) is 9.70. The van der Waals surface area contributed by atoms with Crippen molar-refractivity contribution in [3.63, 3.8) is 0 Å². The molecule has 4 rings (SSSR count). The third kappa shape index (κ3) is 6.05. The molecule has 0 saturated heterocycles. The molecule has 0 bridgehead atoms. The molecular formula is C33H33N3. The minimum atomic E-state index is 0.621. The highest BCUT2D eigenvalue weighted by molar-refractivity contribution is 6.04. The van der Waals surface area contributed by atoms with E-state index in [1.54, 1.807) is 18.3 Å². The second-order valence-electron chi connectivity index (χ2n) is 8.70. The Morgan fingerprint density at radius 2 is 1.11 bits per heavy atom. The van der Waals surface area contributed by atoms with Crippen molar-refractivity contribution in [2.75, 3.05) is 7.05 Å². The van der Waals surface area contributed by atoms with E-state index < -0.39 is 0 Å². The topological polar surface area (TPSA) is 28.0 Å². The first-order chi connectivity index (χ1) is 17.7. The van der Waals surface area contributed by atoms with Crippen LogP contribution in [0.4, 0.5) is 0 Å². The third-order valence-electron chi connectivity index (χ3n) is 6.16. The molecule has 0 aromatic heterocycles. The first kappa shape index (κ1) is 24.9. The molecule has 0 atom stereocenters. The molecule has 3 nitrogen and oxygen atoms in total. The van der Waals surface area contributed by atoms with Crippen molar-refractivity contribution >= 4 is 11.1 Å². The predicted octanol–water partition coefficient (Wildman–Crippen LogP) is 8.59. The van der Waals surface area contributed by atoms with E-state index in [4.69, 9.17) is 0 Å². The van der Waals surface area contributed by atoms with Crippen LogP contribution in [0.2, 0.25) is 0 Å². The Morgan fingerprint density at radius 1 is 0.667 bits per heavy atom. The average molecular weight is 472 g/mol. The number of nitrogens with zero attached hydrogens (tertiary/aromatic N) is 3. The molecular weight excluding hydrogens is 438 g/mol. The molecule has 0 heterocycles. The molecule has 0 aliphatic carbocycles. The zero-order valence-corrected chi connectivity index (χ0v) is 21.1. The van der Waals surface area contributed by atoms with E-state index in [9.17, 15) is 0 Å². The molecule has 0 aliphatic rings. The van der Waals surface area contributed by atoms with Gasteiger partial charge in [-0.3, -0.25) is 5.01 Å². The van der Waals surface area contributed by atoms with Crippen molar-refractivity contribution < 1.29 is 0 Å². The van der Waals surface area contributed by atoms with E-state index >= 15 is 0 Å². The van der Waals surface area contributed by atoms with E-state index in [0.717, 1.165) is 18.4 Å². The molecule has 0 saturated carbocycles. The minimum absolute atomic E-state index is 0.621. The fourth-order valence-corrected chi connectivity index (χ4v) is 4.46. The monoisotopic (exact) mass is 471 g/mol. The highest BCUT2D eigenvalue weighted by Crippen LogP contribution is 2.37. The molecule has 0 amide bonds. The standard InChI is InChI=1S/C33H33N3/c1-4-12-26-17-21-30(22-18-26)32(28-13-8-6-9-14-28)33(29-15-10-7-11-16-29)31-23-19-27(20-24-31)25-36(5-2)35-34-3/h5-11,13-24H,2,4,12,25H2,1,3H3/b33-32+,35-34?. The fourth-order valence-electron chi connectivity index (χ4n) is 4.46. The van der Waals surface area contributed by atoms with Gasteiger partial charge in [-0.25, -0.2) is 0 Å². The van der Waals surface area contributed by atoms with Gasteiger partial charge in [0.15, 0.2) is 0 Å². The van der Waals surface area contributed by atoms with Crippen molar-refractivity contribution in [2.24, 2.45) is 10.3 Å². The van der Waals surface area contributed by atoms with E-state index in [0.29, 0.717) is 6.54 Å². The van der Waals surface area contributed by atoms with Crippen LogP contribution in [0.5, 0.6) is 0 Å². The van der Waals surface area contributed by atoms with Crippen LogP contribution < -0.4 is 0 Å². The van der Waals surface area contributed by atoms with Gasteiger partial charge in [-0.2, -0.15) is 5.11 Å². The van der Waals surface area contributed by atoms with Crippen LogP contribution in [-0.4, -0.2) is 12.1 Å².